The summed E-state index contributed by atoms with van der Waals surface area (Å²) < 4.78 is 4.64. The van der Waals surface area contributed by atoms with Gasteiger partial charge in [0.15, 0.2) is 0 Å². The van der Waals surface area contributed by atoms with Gasteiger partial charge in [-0.2, -0.15) is 0 Å². The van der Waals surface area contributed by atoms with E-state index in [-0.39, 0.29) is 5.97 Å². The molecular formula is C12H23NO2. The van der Waals surface area contributed by atoms with Crippen LogP contribution in [0.5, 0.6) is 0 Å². The number of rotatable bonds is 4. The molecule has 1 rings (SSSR count). The molecule has 0 saturated carbocycles. The number of ether oxygens (including phenoxy) is 1. The lowest BCUT2D eigenvalue weighted by molar-refractivity contribution is -0.140. The lowest BCUT2D eigenvalue weighted by atomic mass is 9.97. The number of nitrogens with zero attached hydrogens (tertiary/aromatic N) is 1. The highest BCUT2D eigenvalue weighted by molar-refractivity contribution is 5.69. The molecule has 1 aliphatic rings. The Hall–Kier alpha value is -0.570. The van der Waals surface area contributed by atoms with Gasteiger partial charge in [0.2, 0.25) is 0 Å². The Morgan fingerprint density at radius 2 is 1.93 bits per heavy atom. The summed E-state index contributed by atoms with van der Waals surface area (Å²) in [6.07, 6.45) is 5.40. The van der Waals surface area contributed by atoms with Gasteiger partial charge in [-0.15, -0.1) is 0 Å². The van der Waals surface area contributed by atoms with Crippen LogP contribution in [0, 0.1) is 0 Å². The zero-order valence-corrected chi connectivity index (χ0v) is 10.2. The largest absolute Gasteiger partial charge is 0.469 e. The maximum absolute atomic E-state index is 11.0. The van der Waals surface area contributed by atoms with Crippen LogP contribution in [-0.2, 0) is 9.53 Å². The Kier molecular flexibility index (Phi) is 5.09. The molecule has 1 aliphatic heterocycles. The average Bonchev–Trinajstić information content (AvgIpc) is 2.22. The molecule has 0 N–H and O–H groups in total. The highest BCUT2D eigenvalue weighted by Gasteiger charge is 2.23. The molecule has 1 fully saturated rings. The molecule has 0 aromatic carbocycles. The van der Waals surface area contributed by atoms with Crippen LogP contribution in [-0.4, -0.2) is 36.6 Å². The summed E-state index contributed by atoms with van der Waals surface area (Å²) in [7, 11) is 1.45. The van der Waals surface area contributed by atoms with Gasteiger partial charge in [0.25, 0.3) is 0 Å². The zero-order valence-electron chi connectivity index (χ0n) is 10.2. The number of methoxy groups -OCH3 is 1. The summed E-state index contributed by atoms with van der Waals surface area (Å²) >= 11 is 0. The Morgan fingerprint density at radius 3 is 2.47 bits per heavy atom. The van der Waals surface area contributed by atoms with Gasteiger partial charge < -0.3 is 4.74 Å². The number of carbonyl (C=O) groups is 1. The minimum absolute atomic E-state index is 0.0904. The molecular weight excluding hydrogens is 190 g/mol. The fourth-order valence-electron chi connectivity index (χ4n) is 2.42. The van der Waals surface area contributed by atoms with Gasteiger partial charge >= 0.3 is 5.97 Å². The van der Waals surface area contributed by atoms with E-state index in [4.69, 9.17) is 0 Å². The number of esters is 1. The second-order valence-electron chi connectivity index (χ2n) is 4.55. The summed E-state index contributed by atoms with van der Waals surface area (Å²) in [5.41, 5.74) is 0. The molecule has 15 heavy (non-hydrogen) atoms. The van der Waals surface area contributed by atoms with Gasteiger partial charge in [-0.3, -0.25) is 9.69 Å². The van der Waals surface area contributed by atoms with E-state index in [0.717, 1.165) is 13.0 Å². The van der Waals surface area contributed by atoms with Crippen molar-refractivity contribution in [3.63, 3.8) is 0 Å². The van der Waals surface area contributed by atoms with Gasteiger partial charge in [-0.1, -0.05) is 6.42 Å². The van der Waals surface area contributed by atoms with Crippen molar-refractivity contribution in [1.82, 2.24) is 4.90 Å². The van der Waals surface area contributed by atoms with Gasteiger partial charge in [-0.05, 0) is 39.7 Å². The predicted molar refractivity (Wildman–Crippen MR) is 60.7 cm³/mol. The van der Waals surface area contributed by atoms with E-state index >= 15 is 0 Å². The average molecular weight is 213 g/mol. The van der Waals surface area contributed by atoms with Crippen LogP contribution in [0.3, 0.4) is 0 Å². The van der Waals surface area contributed by atoms with Crippen LogP contribution in [0.2, 0.25) is 0 Å². The van der Waals surface area contributed by atoms with Crippen LogP contribution in [0.15, 0.2) is 0 Å². The molecule has 0 aromatic rings. The number of likely N-dealkylation sites (tertiary alicyclic amines) is 1. The van der Waals surface area contributed by atoms with Gasteiger partial charge in [-0.25, -0.2) is 0 Å². The van der Waals surface area contributed by atoms with Gasteiger partial charge in [0.1, 0.15) is 0 Å². The van der Waals surface area contributed by atoms with Crippen molar-refractivity contribution in [3.05, 3.63) is 0 Å². The second-order valence-corrected chi connectivity index (χ2v) is 4.55. The maximum atomic E-state index is 11.0. The molecule has 0 radical (unpaired) electrons. The first kappa shape index (κ1) is 12.5. The third kappa shape index (κ3) is 3.82. The zero-order chi connectivity index (χ0) is 11.3. The SMILES string of the molecule is COC(=O)CCCN1C(C)CCCC1C. The third-order valence-electron chi connectivity index (χ3n) is 3.40. The van der Waals surface area contributed by atoms with Crippen molar-refractivity contribution < 1.29 is 9.53 Å². The van der Waals surface area contributed by atoms with Crippen LogP contribution in [0.25, 0.3) is 0 Å². The van der Waals surface area contributed by atoms with E-state index in [9.17, 15) is 4.79 Å². The van der Waals surface area contributed by atoms with Crippen LogP contribution in [0.1, 0.15) is 46.0 Å². The van der Waals surface area contributed by atoms with Crippen molar-refractivity contribution in [3.8, 4) is 0 Å². The number of piperidine rings is 1. The Labute approximate surface area is 92.8 Å². The molecule has 0 spiro atoms. The molecule has 0 bridgehead atoms. The lowest BCUT2D eigenvalue weighted by Gasteiger charge is -2.39. The number of hydrogen-bond acceptors (Lipinski definition) is 3. The van der Waals surface area contributed by atoms with Crippen molar-refractivity contribution in [1.29, 1.82) is 0 Å². The molecule has 3 nitrogen and oxygen atoms in total. The number of hydrogen-bond donors (Lipinski definition) is 0. The molecule has 88 valence electrons. The fourth-order valence-corrected chi connectivity index (χ4v) is 2.42. The smallest absolute Gasteiger partial charge is 0.305 e. The number of carbonyl (C=O) groups excluding carboxylic acids is 1. The lowest BCUT2D eigenvalue weighted by Crippen LogP contribution is -2.44. The van der Waals surface area contributed by atoms with Crippen LogP contribution in [0.4, 0.5) is 0 Å². The predicted octanol–water partition coefficient (Wildman–Crippen LogP) is 2.20. The van der Waals surface area contributed by atoms with Crippen molar-refractivity contribution in [2.45, 2.75) is 58.0 Å². The Balaban J connectivity index is 2.26. The third-order valence-corrected chi connectivity index (χ3v) is 3.40. The van der Waals surface area contributed by atoms with E-state index in [2.05, 4.69) is 23.5 Å². The minimum atomic E-state index is -0.0904. The molecule has 0 aromatic heterocycles. The Morgan fingerprint density at radius 1 is 1.33 bits per heavy atom. The first-order valence-electron chi connectivity index (χ1n) is 5.97. The van der Waals surface area contributed by atoms with Crippen molar-refractivity contribution in [2.24, 2.45) is 0 Å². The molecule has 3 heteroatoms. The van der Waals surface area contributed by atoms with E-state index in [0.29, 0.717) is 18.5 Å². The normalized spacial score (nSPS) is 27.7. The van der Waals surface area contributed by atoms with Crippen LogP contribution >= 0.6 is 0 Å². The fraction of sp³-hybridized carbons (Fsp3) is 0.917. The summed E-state index contributed by atoms with van der Waals surface area (Å²) in [6, 6.07) is 1.35. The standard InChI is InChI=1S/C12H23NO2/c1-10-6-4-7-11(2)13(10)9-5-8-12(14)15-3/h10-11H,4-9H2,1-3H3. The maximum Gasteiger partial charge on any atom is 0.305 e. The summed E-state index contributed by atoms with van der Waals surface area (Å²) in [6.45, 7) is 5.60. The Bertz CT molecular complexity index is 196. The molecule has 0 aliphatic carbocycles. The van der Waals surface area contributed by atoms with Crippen molar-refractivity contribution >= 4 is 5.97 Å². The van der Waals surface area contributed by atoms with E-state index in [1.54, 1.807) is 0 Å². The molecule has 0 amide bonds. The van der Waals surface area contributed by atoms with Gasteiger partial charge in [0, 0.05) is 18.5 Å². The first-order valence-corrected chi connectivity index (χ1v) is 5.97. The topological polar surface area (TPSA) is 29.5 Å². The summed E-state index contributed by atoms with van der Waals surface area (Å²) in [5.74, 6) is -0.0904. The molecule has 1 heterocycles. The molecule has 2 atom stereocenters. The highest BCUT2D eigenvalue weighted by atomic mass is 16.5. The highest BCUT2D eigenvalue weighted by Crippen LogP contribution is 2.22. The van der Waals surface area contributed by atoms with Crippen molar-refractivity contribution in [2.75, 3.05) is 13.7 Å². The summed E-state index contributed by atoms with van der Waals surface area (Å²) in [4.78, 5) is 13.5. The molecule has 1 saturated heterocycles. The van der Waals surface area contributed by atoms with Crippen LogP contribution < -0.4 is 0 Å². The van der Waals surface area contributed by atoms with E-state index < -0.39 is 0 Å². The second kappa shape index (κ2) is 6.11. The monoisotopic (exact) mass is 213 g/mol. The van der Waals surface area contributed by atoms with E-state index in [1.807, 2.05) is 0 Å². The first-order chi connectivity index (χ1) is 7.15. The van der Waals surface area contributed by atoms with E-state index in [1.165, 1.54) is 26.4 Å². The quantitative estimate of drug-likeness (QED) is 0.670. The molecule has 2 unspecified atom stereocenters. The summed E-state index contributed by atoms with van der Waals surface area (Å²) in [5, 5.41) is 0. The minimum Gasteiger partial charge on any atom is -0.469 e. The van der Waals surface area contributed by atoms with Gasteiger partial charge in [0.05, 0.1) is 7.11 Å².